The monoisotopic (exact) mass is 600 g/mol. The molecule has 2 amide bonds. The molecular weight excluding hydrogens is 552 g/mol. The van der Waals surface area contributed by atoms with Crippen LogP contribution in [-0.4, -0.2) is 25.1 Å². The maximum atomic E-state index is 13.6. The zero-order valence-corrected chi connectivity index (χ0v) is 26.7. The SMILES string of the molecule is CCCCc1[nH]c(=O)n(CCCC)c1-c1ccccc1NC(=O)Nc1ccccc1-c1c(CCCC)[nH]c(=O)n1CCCC. The second kappa shape index (κ2) is 16.0. The summed E-state index contributed by atoms with van der Waals surface area (Å²) in [5, 5.41) is 6.12. The van der Waals surface area contributed by atoms with Gasteiger partial charge in [0.15, 0.2) is 0 Å². The van der Waals surface area contributed by atoms with Gasteiger partial charge in [0.25, 0.3) is 0 Å². The van der Waals surface area contributed by atoms with Gasteiger partial charge < -0.3 is 20.6 Å². The van der Waals surface area contributed by atoms with Crippen LogP contribution in [0, 0.1) is 0 Å². The van der Waals surface area contributed by atoms with E-state index < -0.39 is 6.03 Å². The van der Waals surface area contributed by atoms with Gasteiger partial charge in [0, 0.05) is 35.6 Å². The maximum Gasteiger partial charge on any atom is 0.326 e. The molecule has 44 heavy (non-hydrogen) atoms. The van der Waals surface area contributed by atoms with Gasteiger partial charge in [-0.05, 0) is 50.7 Å². The molecular formula is C35H48N6O3. The Bertz CT molecular complexity index is 1520. The Kier molecular flexibility index (Phi) is 11.9. The summed E-state index contributed by atoms with van der Waals surface area (Å²) in [7, 11) is 0. The number of nitrogens with one attached hydrogen (secondary N) is 4. The summed E-state index contributed by atoms with van der Waals surface area (Å²) in [6.07, 6.45) is 9.14. The van der Waals surface area contributed by atoms with Crippen LogP contribution in [0.15, 0.2) is 58.1 Å². The third-order valence-corrected chi connectivity index (χ3v) is 8.01. The Morgan fingerprint density at radius 2 is 1.00 bits per heavy atom. The van der Waals surface area contributed by atoms with E-state index in [9.17, 15) is 14.4 Å². The quantitative estimate of drug-likeness (QED) is 0.105. The highest BCUT2D eigenvalue weighted by atomic mass is 16.2. The number of anilines is 2. The average molecular weight is 601 g/mol. The average Bonchev–Trinajstić information content (AvgIpc) is 3.51. The molecule has 0 saturated heterocycles. The van der Waals surface area contributed by atoms with Crippen molar-refractivity contribution in [2.45, 2.75) is 105 Å². The van der Waals surface area contributed by atoms with Gasteiger partial charge in [0.1, 0.15) is 0 Å². The topological polar surface area (TPSA) is 117 Å². The minimum Gasteiger partial charge on any atom is -0.309 e. The van der Waals surface area contributed by atoms with Crippen molar-refractivity contribution < 1.29 is 4.79 Å². The highest BCUT2D eigenvalue weighted by Crippen LogP contribution is 2.33. The molecule has 9 nitrogen and oxygen atoms in total. The second-order valence-electron chi connectivity index (χ2n) is 11.4. The molecule has 0 spiro atoms. The largest absolute Gasteiger partial charge is 0.326 e. The summed E-state index contributed by atoms with van der Waals surface area (Å²) in [6, 6.07) is 14.9. The standard InChI is InChI=1S/C35H48N6O3/c1-5-9-19-29-31(40(23-11-7-3)34(43)38-29)25-17-13-15-21-27(25)36-33(42)37-28-22-16-14-18-26(28)32-30(20-10-6-2)39-35(44)41(32)24-12-8-4/h13-18,21-22H,5-12,19-20,23-24H2,1-4H3,(H,38,43)(H,39,44)(H2,36,37,42). The molecule has 2 aromatic heterocycles. The summed E-state index contributed by atoms with van der Waals surface area (Å²) in [4.78, 5) is 45.8. The predicted octanol–water partition coefficient (Wildman–Crippen LogP) is 7.93. The fraction of sp³-hybridized carbons (Fsp3) is 0.457. The number of H-pyrrole nitrogens is 2. The van der Waals surface area contributed by atoms with Crippen LogP contribution in [0.5, 0.6) is 0 Å². The fourth-order valence-electron chi connectivity index (χ4n) is 5.66. The Hall–Kier alpha value is -4.27. The van der Waals surface area contributed by atoms with Crippen molar-refractivity contribution in [1.82, 2.24) is 19.1 Å². The van der Waals surface area contributed by atoms with Gasteiger partial charge >= 0.3 is 17.4 Å². The molecule has 0 aliphatic carbocycles. The number of unbranched alkanes of at least 4 members (excludes halogenated alkanes) is 4. The minimum atomic E-state index is -0.397. The Morgan fingerprint density at radius 3 is 1.39 bits per heavy atom. The first-order chi connectivity index (χ1) is 21.4. The first-order valence-electron chi connectivity index (χ1n) is 16.3. The lowest BCUT2D eigenvalue weighted by Crippen LogP contribution is -2.22. The number of urea groups is 1. The van der Waals surface area contributed by atoms with E-state index in [1.807, 2.05) is 57.7 Å². The number of hydrogen-bond donors (Lipinski definition) is 4. The molecule has 0 bridgehead atoms. The molecule has 4 aromatic rings. The number of aromatic nitrogens is 4. The summed E-state index contributed by atoms with van der Waals surface area (Å²) >= 11 is 0. The third-order valence-electron chi connectivity index (χ3n) is 8.01. The van der Waals surface area contributed by atoms with Crippen LogP contribution in [-0.2, 0) is 25.9 Å². The fourth-order valence-corrected chi connectivity index (χ4v) is 5.66. The number of carbonyl (C=O) groups excluding carboxylic acids is 1. The van der Waals surface area contributed by atoms with Crippen molar-refractivity contribution in [2.75, 3.05) is 10.6 Å². The van der Waals surface area contributed by atoms with Crippen molar-refractivity contribution in [3.63, 3.8) is 0 Å². The van der Waals surface area contributed by atoms with Gasteiger partial charge in [-0.2, -0.15) is 0 Å². The molecule has 0 aliphatic heterocycles. The van der Waals surface area contributed by atoms with E-state index in [0.717, 1.165) is 98.1 Å². The van der Waals surface area contributed by atoms with E-state index in [0.29, 0.717) is 24.5 Å². The van der Waals surface area contributed by atoms with E-state index in [2.05, 4.69) is 48.3 Å². The number of carbonyl (C=O) groups is 1. The number of hydrogen-bond acceptors (Lipinski definition) is 3. The molecule has 0 unspecified atom stereocenters. The summed E-state index contributed by atoms with van der Waals surface area (Å²) in [6.45, 7) is 9.70. The number of nitrogens with zero attached hydrogens (tertiary/aromatic N) is 2. The number of aryl methyl sites for hydroxylation is 2. The minimum absolute atomic E-state index is 0.118. The predicted molar refractivity (Wildman–Crippen MR) is 181 cm³/mol. The van der Waals surface area contributed by atoms with Crippen molar-refractivity contribution >= 4 is 17.4 Å². The van der Waals surface area contributed by atoms with Gasteiger partial charge in [0.2, 0.25) is 0 Å². The van der Waals surface area contributed by atoms with Crippen molar-refractivity contribution in [3.8, 4) is 22.5 Å². The summed E-state index contributed by atoms with van der Waals surface area (Å²) in [5.74, 6) is 0. The number of benzene rings is 2. The van der Waals surface area contributed by atoms with E-state index >= 15 is 0 Å². The van der Waals surface area contributed by atoms with Crippen LogP contribution in [0.3, 0.4) is 0 Å². The van der Waals surface area contributed by atoms with Crippen molar-refractivity contribution in [3.05, 3.63) is 80.9 Å². The number of amides is 2. The lowest BCUT2D eigenvalue weighted by atomic mass is 10.0. The lowest BCUT2D eigenvalue weighted by Gasteiger charge is -2.17. The second-order valence-corrected chi connectivity index (χ2v) is 11.4. The summed E-state index contributed by atoms with van der Waals surface area (Å²) < 4.78 is 3.61. The molecule has 2 aromatic carbocycles. The van der Waals surface area contributed by atoms with Crippen LogP contribution in [0.4, 0.5) is 16.2 Å². The number of aromatic amines is 2. The Morgan fingerprint density at radius 1 is 0.614 bits per heavy atom. The van der Waals surface area contributed by atoms with Gasteiger partial charge in [-0.25, -0.2) is 14.4 Å². The molecule has 0 aliphatic rings. The zero-order valence-electron chi connectivity index (χ0n) is 26.7. The zero-order chi connectivity index (χ0) is 31.5. The number of para-hydroxylation sites is 2. The first-order valence-corrected chi connectivity index (χ1v) is 16.3. The summed E-state index contributed by atoms with van der Waals surface area (Å²) in [5.41, 5.74) is 6.07. The molecule has 236 valence electrons. The normalized spacial score (nSPS) is 11.2. The van der Waals surface area contributed by atoms with Crippen molar-refractivity contribution in [2.24, 2.45) is 0 Å². The molecule has 0 saturated carbocycles. The highest BCUT2D eigenvalue weighted by molar-refractivity contribution is 6.04. The van der Waals surface area contributed by atoms with Crippen LogP contribution in [0.2, 0.25) is 0 Å². The molecule has 0 atom stereocenters. The van der Waals surface area contributed by atoms with Gasteiger partial charge in [0.05, 0.1) is 22.8 Å². The van der Waals surface area contributed by atoms with Crippen molar-refractivity contribution in [1.29, 1.82) is 0 Å². The van der Waals surface area contributed by atoms with Crippen LogP contribution in [0.1, 0.15) is 90.4 Å². The van der Waals surface area contributed by atoms with E-state index in [1.54, 1.807) is 0 Å². The Balaban J connectivity index is 1.69. The number of rotatable bonds is 16. The van der Waals surface area contributed by atoms with Gasteiger partial charge in [-0.15, -0.1) is 0 Å². The molecule has 4 N–H and O–H groups in total. The van der Waals surface area contributed by atoms with E-state index in [-0.39, 0.29) is 11.4 Å². The van der Waals surface area contributed by atoms with E-state index in [1.165, 1.54) is 0 Å². The van der Waals surface area contributed by atoms with Crippen LogP contribution >= 0.6 is 0 Å². The maximum absolute atomic E-state index is 13.6. The van der Waals surface area contributed by atoms with E-state index in [4.69, 9.17) is 0 Å². The first kappa shape index (κ1) is 32.6. The third kappa shape index (κ3) is 7.62. The van der Waals surface area contributed by atoms with Gasteiger partial charge in [-0.1, -0.05) is 89.8 Å². The van der Waals surface area contributed by atoms with Crippen LogP contribution in [0.25, 0.3) is 22.5 Å². The smallest absolute Gasteiger partial charge is 0.309 e. The Labute approximate surface area is 260 Å². The molecule has 0 radical (unpaired) electrons. The van der Waals surface area contributed by atoms with Gasteiger partial charge in [-0.3, -0.25) is 9.13 Å². The lowest BCUT2D eigenvalue weighted by molar-refractivity contribution is 0.262. The van der Waals surface area contributed by atoms with Crippen LogP contribution < -0.4 is 22.0 Å². The molecule has 9 heteroatoms. The molecule has 2 heterocycles. The molecule has 4 rings (SSSR count). The molecule has 0 fully saturated rings. The number of imidazole rings is 2. The highest BCUT2D eigenvalue weighted by Gasteiger charge is 2.21.